The van der Waals surface area contributed by atoms with Crippen LogP contribution in [-0.4, -0.2) is 17.1 Å². The molecule has 1 aromatic rings. The lowest BCUT2D eigenvalue weighted by atomic mass is 10.0. The Hall–Kier alpha value is -1.35. The minimum atomic E-state index is -0.882. The van der Waals surface area contributed by atoms with Gasteiger partial charge in [-0.1, -0.05) is 12.1 Å². The molecule has 0 aromatic heterocycles. The zero-order valence-electron chi connectivity index (χ0n) is 8.23. The Balaban J connectivity index is 2.69. The Morgan fingerprint density at radius 2 is 2.29 bits per heavy atom. The van der Waals surface area contributed by atoms with Crippen molar-refractivity contribution in [1.29, 1.82) is 0 Å². The summed E-state index contributed by atoms with van der Waals surface area (Å²) < 4.78 is 0. The van der Waals surface area contributed by atoms with Crippen LogP contribution in [0.25, 0.3) is 0 Å². The monoisotopic (exact) mass is 193 g/mol. The van der Waals surface area contributed by atoms with E-state index in [1.807, 2.05) is 13.0 Å². The van der Waals surface area contributed by atoms with Crippen LogP contribution >= 0.6 is 0 Å². The van der Waals surface area contributed by atoms with Crippen LogP contribution < -0.4 is 5.73 Å². The van der Waals surface area contributed by atoms with Crippen molar-refractivity contribution < 1.29 is 9.90 Å². The van der Waals surface area contributed by atoms with Gasteiger partial charge in [0.1, 0.15) is 0 Å². The Bertz CT molecular complexity index is 321. The molecular formula is C11H15NO2. The summed E-state index contributed by atoms with van der Waals surface area (Å²) in [4.78, 5) is 10.7. The minimum Gasteiger partial charge on any atom is -0.478 e. The fourth-order valence-corrected chi connectivity index (χ4v) is 1.25. The average Bonchev–Trinajstić information content (AvgIpc) is 2.15. The number of aryl methyl sites for hydroxylation is 1. The lowest BCUT2D eigenvalue weighted by Gasteiger charge is -2.05. The van der Waals surface area contributed by atoms with Crippen LogP contribution in [0.15, 0.2) is 24.3 Å². The number of carbonyl (C=O) groups is 1. The van der Waals surface area contributed by atoms with Gasteiger partial charge in [0, 0.05) is 6.04 Å². The first-order chi connectivity index (χ1) is 6.59. The topological polar surface area (TPSA) is 63.3 Å². The van der Waals surface area contributed by atoms with Crippen molar-refractivity contribution in [1.82, 2.24) is 0 Å². The Kier molecular flexibility index (Phi) is 3.65. The number of aromatic carboxylic acids is 1. The maximum absolute atomic E-state index is 10.7. The number of nitrogens with two attached hydrogens (primary N) is 1. The third-order valence-corrected chi connectivity index (χ3v) is 2.06. The van der Waals surface area contributed by atoms with Crippen molar-refractivity contribution in [2.45, 2.75) is 25.8 Å². The highest BCUT2D eigenvalue weighted by Crippen LogP contribution is 2.08. The van der Waals surface area contributed by atoms with E-state index in [2.05, 4.69) is 0 Å². The zero-order valence-corrected chi connectivity index (χ0v) is 8.23. The van der Waals surface area contributed by atoms with Gasteiger partial charge in [0.25, 0.3) is 0 Å². The number of carboxylic acids is 1. The lowest BCUT2D eigenvalue weighted by molar-refractivity contribution is 0.0697. The molecular weight excluding hydrogens is 178 g/mol. The molecule has 0 unspecified atom stereocenters. The molecule has 1 atom stereocenters. The number of hydrogen-bond acceptors (Lipinski definition) is 2. The van der Waals surface area contributed by atoms with Gasteiger partial charge in [-0.2, -0.15) is 0 Å². The largest absolute Gasteiger partial charge is 0.478 e. The number of rotatable bonds is 4. The lowest BCUT2D eigenvalue weighted by Crippen LogP contribution is -2.15. The molecule has 0 radical (unpaired) electrons. The Morgan fingerprint density at radius 1 is 1.57 bits per heavy atom. The van der Waals surface area contributed by atoms with Gasteiger partial charge in [-0.25, -0.2) is 4.79 Å². The van der Waals surface area contributed by atoms with Gasteiger partial charge in [0.2, 0.25) is 0 Å². The smallest absolute Gasteiger partial charge is 0.335 e. The molecule has 0 spiro atoms. The summed E-state index contributed by atoms with van der Waals surface area (Å²) >= 11 is 0. The molecule has 0 fully saturated rings. The van der Waals surface area contributed by atoms with Crippen LogP contribution in [0.4, 0.5) is 0 Å². The Labute approximate surface area is 83.6 Å². The summed E-state index contributed by atoms with van der Waals surface area (Å²) in [6, 6.07) is 7.14. The highest BCUT2D eigenvalue weighted by atomic mass is 16.4. The molecule has 3 N–H and O–H groups in total. The predicted octanol–water partition coefficient (Wildman–Crippen LogP) is 1.66. The zero-order chi connectivity index (χ0) is 10.6. The summed E-state index contributed by atoms with van der Waals surface area (Å²) in [5, 5.41) is 8.76. The van der Waals surface area contributed by atoms with E-state index in [9.17, 15) is 4.79 Å². The summed E-state index contributed by atoms with van der Waals surface area (Å²) in [5.41, 5.74) is 6.99. The van der Waals surface area contributed by atoms with E-state index in [1.54, 1.807) is 18.2 Å². The average molecular weight is 193 g/mol. The van der Waals surface area contributed by atoms with Crippen molar-refractivity contribution in [3.63, 3.8) is 0 Å². The molecule has 14 heavy (non-hydrogen) atoms. The van der Waals surface area contributed by atoms with Gasteiger partial charge in [0.15, 0.2) is 0 Å². The predicted molar refractivity (Wildman–Crippen MR) is 55.4 cm³/mol. The molecule has 0 saturated carbocycles. The Morgan fingerprint density at radius 3 is 2.86 bits per heavy atom. The van der Waals surface area contributed by atoms with Gasteiger partial charge >= 0.3 is 5.97 Å². The standard InChI is InChI=1S/C11H15NO2/c1-8(12)5-6-9-3-2-4-10(7-9)11(13)14/h2-4,7-8H,5-6,12H2,1H3,(H,13,14)/t8-/m1/s1. The summed E-state index contributed by atoms with van der Waals surface area (Å²) in [7, 11) is 0. The number of hydrogen-bond donors (Lipinski definition) is 2. The second-order valence-electron chi connectivity index (χ2n) is 3.52. The van der Waals surface area contributed by atoms with Crippen LogP contribution in [0.1, 0.15) is 29.3 Å². The van der Waals surface area contributed by atoms with Crippen molar-refractivity contribution in [2.75, 3.05) is 0 Å². The number of benzene rings is 1. The molecule has 0 amide bonds. The molecule has 0 bridgehead atoms. The maximum atomic E-state index is 10.7. The molecule has 0 saturated heterocycles. The highest BCUT2D eigenvalue weighted by Gasteiger charge is 2.03. The van der Waals surface area contributed by atoms with Gasteiger partial charge in [-0.3, -0.25) is 0 Å². The maximum Gasteiger partial charge on any atom is 0.335 e. The molecule has 0 aliphatic rings. The van der Waals surface area contributed by atoms with Crippen molar-refractivity contribution in [3.05, 3.63) is 35.4 Å². The van der Waals surface area contributed by atoms with Crippen LogP contribution in [0.5, 0.6) is 0 Å². The van der Waals surface area contributed by atoms with E-state index < -0.39 is 5.97 Å². The number of carboxylic acid groups (broad SMARTS) is 1. The second kappa shape index (κ2) is 4.77. The van der Waals surface area contributed by atoms with E-state index in [0.29, 0.717) is 5.56 Å². The van der Waals surface area contributed by atoms with Crippen LogP contribution in [0, 0.1) is 0 Å². The van der Waals surface area contributed by atoms with Crippen LogP contribution in [-0.2, 0) is 6.42 Å². The van der Waals surface area contributed by atoms with Crippen molar-refractivity contribution in [2.24, 2.45) is 5.73 Å². The molecule has 3 nitrogen and oxygen atoms in total. The van der Waals surface area contributed by atoms with E-state index in [0.717, 1.165) is 18.4 Å². The summed E-state index contributed by atoms with van der Waals surface area (Å²) in [5.74, 6) is -0.882. The molecule has 0 aliphatic carbocycles. The first-order valence-electron chi connectivity index (χ1n) is 4.67. The van der Waals surface area contributed by atoms with Gasteiger partial charge in [-0.15, -0.1) is 0 Å². The van der Waals surface area contributed by atoms with Crippen LogP contribution in [0.3, 0.4) is 0 Å². The van der Waals surface area contributed by atoms with Gasteiger partial charge in [0.05, 0.1) is 5.56 Å². The highest BCUT2D eigenvalue weighted by molar-refractivity contribution is 5.87. The normalized spacial score (nSPS) is 12.4. The van der Waals surface area contributed by atoms with Crippen molar-refractivity contribution in [3.8, 4) is 0 Å². The second-order valence-corrected chi connectivity index (χ2v) is 3.52. The van der Waals surface area contributed by atoms with E-state index in [4.69, 9.17) is 10.8 Å². The quantitative estimate of drug-likeness (QED) is 0.764. The molecule has 1 aromatic carbocycles. The summed E-state index contributed by atoms with van der Waals surface area (Å²) in [6.45, 7) is 1.95. The van der Waals surface area contributed by atoms with Gasteiger partial charge < -0.3 is 10.8 Å². The minimum absolute atomic E-state index is 0.156. The fraction of sp³-hybridized carbons (Fsp3) is 0.364. The van der Waals surface area contributed by atoms with E-state index >= 15 is 0 Å². The molecule has 76 valence electrons. The fourth-order valence-electron chi connectivity index (χ4n) is 1.25. The molecule has 1 rings (SSSR count). The third-order valence-electron chi connectivity index (χ3n) is 2.06. The van der Waals surface area contributed by atoms with Crippen LogP contribution in [0.2, 0.25) is 0 Å². The molecule has 0 aliphatic heterocycles. The third kappa shape index (κ3) is 3.18. The van der Waals surface area contributed by atoms with E-state index in [1.165, 1.54) is 0 Å². The SMILES string of the molecule is C[C@@H](N)CCc1cccc(C(=O)O)c1. The van der Waals surface area contributed by atoms with E-state index in [-0.39, 0.29) is 6.04 Å². The molecule has 0 heterocycles. The molecule has 3 heteroatoms. The first-order valence-corrected chi connectivity index (χ1v) is 4.67. The first kappa shape index (κ1) is 10.7. The van der Waals surface area contributed by atoms with Crippen molar-refractivity contribution >= 4 is 5.97 Å². The summed E-state index contributed by atoms with van der Waals surface area (Å²) in [6.07, 6.45) is 1.71. The van der Waals surface area contributed by atoms with Gasteiger partial charge in [-0.05, 0) is 37.5 Å².